The highest BCUT2D eigenvalue weighted by Gasteiger charge is 2.26. The van der Waals surface area contributed by atoms with Crippen LogP contribution in [0.2, 0.25) is 0 Å². The molecular formula is C19H17FN4O2. The van der Waals surface area contributed by atoms with Crippen LogP contribution in [-0.2, 0) is 25.8 Å². The summed E-state index contributed by atoms with van der Waals surface area (Å²) in [5.41, 5.74) is 2.14. The predicted octanol–water partition coefficient (Wildman–Crippen LogP) is 2.59. The normalized spacial score (nSPS) is 13.5. The van der Waals surface area contributed by atoms with Gasteiger partial charge in [0, 0.05) is 38.0 Å². The van der Waals surface area contributed by atoms with Crippen molar-refractivity contribution in [1.29, 1.82) is 0 Å². The van der Waals surface area contributed by atoms with E-state index in [0.717, 1.165) is 29.6 Å². The summed E-state index contributed by atoms with van der Waals surface area (Å²) in [6.07, 6.45) is 8.11. The molecule has 0 saturated heterocycles. The number of carbonyl (C=O) groups excluding carboxylic acids is 1. The van der Waals surface area contributed by atoms with Gasteiger partial charge in [0.1, 0.15) is 17.3 Å². The van der Waals surface area contributed by atoms with E-state index >= 15 is 0 Å². The van der Waals surface area contributed by atoms with Crippen molar-refractivity contribution in [3.05, 3.63) is 77.3 Å². The fourth-order valence-electron chi connectivity index (χ4n) is 3.04. The molecular weight excluding hydrogens is 335 g/mol. The summed E-state index contributed by atoms with van der Waals surface area (Å²) in [5, 5.41) is 0. The van der Waals surface area contributed by atoms with Crippen LogP contribution < -0.4 is 0 Å². The Morgan fingerprint density at radius 3 is 2.96 bits per heavy atom. The molecule has 0 atom stereocenters. The standard InChI is InChI=1S/C19H17FN4O2/c20-15-8-14(10-22-11-15)19(25)24-7-5-17-16(12-24)23-18(26-17)4-3-13-2-1-6-21-9-13/h1-2,6,8-11H,3-5,7,12H2. The number of halogens is 1. The number of aromatic nitrogens is 3. The molecule has 0 aliphatic carbocycles. The molecule has 0 aromatic carbocycles. The van der Waals surface area contributed by atoms with Crippen LogP contribution in [0.15, 0.2) is 47.4 Å². The lowest BCUT2D eigenvalue weighted by atomic mass is 10.1. The fraction of sp³-hybridized carbons (Fsp3) is 0.263. The van der Waals surface area contributed by atoms with Crippen molar-refractivity contribution >= 4 is 5.91 Å². The molecule has 4 heterocycles. The van der Waals surface area contributed by atoms with Gasteiger partial charge in [0.25, 0.3) is 5.91 Å². The van der Waals surface area contributed by atoms with Crippen LogP contribution >= 0.6 is 0 Å². The summed E-state index contributed by atoms with van der Waals surface area (Å²) in [6, 6.07) is 5.12. The molecule has 132 valence electrons. The Kier molecular flexibility index (Phi) is 4.43. The van der Waals surface area contributed by atoms with Crippen molar-refractivity contribution in [3.8, 4) is 0 Å². The Bertz CT molecular complexity index is 926. The summed E-state index contributed by atoms with van der Waals surface area (Å²) in [6.45, 7) is 0.876. The van der Waals surface area contributed by atoms with E-state index in [-0.39, 0.29) is 11.5 Å². The van der Waals surface area contributed by atoms with E-state index in [4.69, 9.17) is 4.42 Å². The molecule has 1 aliphatic rings. The van der Waals surface area contributed by atoms with E-state index in [2.05, 4.69) is 15.0 Å². The summed E-state index contributed by atoms with van der Waals surface area (Å²) in [5.74, 6) is 0.725. The van der Waals surface area contributed by atoms with Gasteiger partial charge < -0.3 is 9.32 Å². The number of oxazole rings is 1. The monoisotopic (exact) mass is 352 g/mol. The molecule has 1 aliphatic heterocycles. The van der Waals surface area contributed by atoms with Crippen LogP contribution in [0.5, 0.6) is 0 Å². The highest BCUT2D eigenvalue weighted by Crippen LogP contribution is 2.22. The van der Waals surface area contributed by atoms with E-state index in [1.54, 1.807) is 11.1 Å². The first-order chi connectivity index (χ1) is 12.7. The number of aryl methyl sites for hydroxylation is 2. The van der Waals surface area contributed by atoms with Gasteiger partial charge in [0.05, 0.1) is 18.3 Å². The SMILES string of the molecule is O=C(c1cncc(F)c1)N1CCc2oc(CCc3cccnc3)nc2C1. The molecule has 4 rings (SSSR count). The highest BCUT2D eigenvalue weighted by atomic mass is 19.1. The van der Waals surface area contributed by atoms with Crippen molar-refractivity contribution in [2.45, 2.75) is 25.8 Å². The lowest BCUT2D eigenvalue weighted by Gasteiger charge is -2.25. The fourth-order valence-corrected chi connectivity index (χ4v) is 3.04. The third-order valence-electron chi connectivity index (χ3n) is 4.36. The van der Waals surface area contributed by atoms with E-state index in [9.17, 15) is 9.18 Å². The first-order valence-electron chi connectivity index (χ1n) is 8.45. The first-order valence-corrected chi connectivity index (χ1v) is 8.45. The second kappa shape index (κ2) is 7.03. The maximum absolute atomic E-state index is 13.3. The number of rotatable bonds is 4. The minimum absolute atomic E-state index is 0.244. The van der Waals surface area contributed by atoms with Crippen molar-refractivity contribution in [2.24, 2.45) is 0 Å². The van der Waals surface area contributed by atoms with Crippen LogP contribution in [0, 0.1) is 5.82 Å². The Morgan fingerprint density at radius 2 is 2.15 bits per heavy atom. The van der Waals surface area contributed by atoms with Gasteiger partial charge in [-0.3, -0.25) is 14.8 Å². The molecule has 7 heteroatoms. The average molecular weight is 352 g/mol. The van der Waals surface area contributed by atoms with E-state index in [0.29, 0.717) is 31.8 Å². The Labute approximate surface area is 149 Å². The van der Waals surface area contributed by atoms with Crippen molar-refractivity contribution in [3.63, 3.8) is 0 Å². The Hall–Kier alpha value is -3.09. The number of hydrogen-bond acceptors (Lipinski definition) is 5. The van der Waals surface area contributed by atoms with Gasteiger partial charge >= 0.3 is 0 Å². The first kappa shape index (κ1) is 16.4. The zero-order valence-electron chi connectivity index (χ0n) is 14.1. The zero-order chi connectivity index (χ0) is 17.9. The van der Waals surface area contributed by atoms with Crippen LogP contribution in [0.4, 0.5) is 4.39 Å². The van der Waals surface area contributed by atoms with E-state index < -0.39 is 5.82 Å². The molecule has 26 heavy (non-hydrogen) atoms. The molecule has 0 bridgehead atoms. The topological polar surface area (TPSA) is 72.1 Å². The number of hydrogen-bond donors (Lipinski definition) is 0. The minimum Gasteiger partial charge on any atom is -0.445 e. The third-order valence-corrected chi connectivity index (χ3v) is 4.36. The summed E-state index contributed by atoms with van der Waals surface area (Å²) in [4.78, 5) is 26.6. The van der Waals surface area contributed by atoms with Gasteiger partial charge in [-0.2, -0.15) is 0 Å². The molecule has 0 saturated carbocycles. The largest absolute Gasteiger partial charge is 0.445 e. The van der Waals surface area contributed by atoms with Gasteiger partial charge in [-0.1, -0.05) is 6.07 Å². The van der Waals surface area contributed by atoms with Gasteiger partial charge in [-0.25, -0.2) is 9.37 Å². The van der Waals surface area contributed by atoms with Gasteiger partial charge in [0.2, 0.25) is 0 Å². The van der Waals surface area contributed by atoms with Crippen molar-refractivity contribution in [2.75, 3.05) is 6.54 Å². The average Bonchev–Trinajstić information content (AvgIpc) is 3.08. The molecule has 1 amide bonds. The van der Waals surface area contributed by atoms with Crippen LogP contribution in [0.25, 0.3) is 0 Å². The predicted molar refractivity (Wildman–Crippen MR) is 90.8 cm³/mol. The molecule has 0 fully saturated rings. The number of carbonyl (C=O) groups is 1. The maximum Gasteiger partial charge on any atom is 0.255 e. The molecule has 0 N–H and O–H groups in total. The van der Waals surface area contributed by atoms with Gasteiger partial charge in [0.15, 0.2) is 5.89 Å². The maximum atomic E-state index is 13.3. The lowest BCUT2D eigenvalue weighted by Crippen LogP contribution is -2.35. The molecule has 6 nitrogen and oxygen atoms in total. The van der Waals surface area contributed by atoms with Crippen LogP contribution in [0.3, 0.4) is 0 Å². The summed E-state index contributed by atoms with van der Waals surface area (Å²) >= 11 is 0. The van der Waals surface area contributed by atoms with Crippen LogP contribution in [-0.4, -0.2) is 32.3 Å². The lowest BCUT2D eigenvalue weighted by molar-refractivity contribution is 0.0727. The molecule has 3 aromatic rings. The van der Waals surface area contributed by atoms with Gasteiger partial charge in [-0.15, -0.1) is 0 Å². The van der Waals surface area contributed by atoms with Crippen molar-refractivity contribution in [1.82, 2.24) is 19.9 Å². The van der Waals surface area contributed by atoms with E-state index in [1.165, 1.54) is 12.3 Å². The minimum atomic E-state index is -0.521. The summed E-state index contributed by atoms with van der Waals surface area (Å²) in [7, 11) is 0. The smallest absolute Gasteiger partial charge is 0.255 e. The summed E-state index contributed by atoms with van der Waals surface area (Å²) < 4.78 is 19.1. The molecule has 0 spiro atoms. The Balaban J connectivity index is 1.44. The number of nitrogens with zero attached hydrogens (tertiary/aromatic N) is 4. The molecule has 0 radical (unpaired) electrons. The third kappa shape index (κ3) is 3.46. The second-order valence-corrected chi connectivity index (χ2v) is 6.21. The zero-order valence-corrected chi connectivity index (χ0v) is 14.1. The molecule has 0 unspecified atom stereocenters. The Morgan fingerprint density at radius 1 is 1.23 bits per heavy atom. The van der Waals surface area contributed by atoms with Crippen molar-refractivity contribution < 1.29 is 13.6 Å². The highest BCUT2D eigenvalue weighted by molar-refractivity contribution is 5.94. The van der Waals surface area contributed by atoms with E-state index in [1.807, 2.05) is 18.3 Å². The quantitative estimate of drug-likeness (QED) is 0.722. The molecule has 3 aromatic heterocycles. The number of fused-ring (bicyclic) bond motifs is 1. The van der Waals surface area contributed by atoms with Crippen LogP contribution in [0.1, 0.15) is 33.3 Å². The van der Waals surface area contributed by atoms with Gasteiger partial charge in [-0.05, 0) is 24.1 Å². The second-order valence-electron chi connectivity index (χ2n) is 6.21. The number of amides is 1. The number of pyridine rings is 2.